The van der Waals surface area contributed by atoms with Crippen molar-refractivity contribution >= 4 is 5.82 Å². The lowest BCUT2D eigenvalue weighted by molar-refractivity contribution is 0.306. The van der Waals surface area contributed by atoms with E-state index >= 15 is 0 Å². The summed E-state index contributed by atoms with van der Waals surface area (Å²) in [6.45, 7) is 3.25. The molecule has 0 aliphatic heterocycles. The van der Waals surface area contributed by atoms with Gasteiger partial charge < -0.3 is 10.5 Å². The van der Waals surface area contributed by atoms with Gasteiger partial charge in [-0.25, -0.2) is 14.6 Å². The van der Waals surface area contributed by atoms with Gasteiger partial charge in [-0.3, -0.25) is 0 Å². The van der Waals surface area contributed by atoms with Gasteiger partial charge in [0.25, 0.3) is 0 Å². The van der Waals surface area contributed by atoms with E-state index in [1.54, 1.807) is 17.2 Å². The van der Waals surface area contributed by atoms with Crippen LogP contribution in [0.5, 0.6) is 5.75 Å². The predicted molar refractivity (Wildman–Crippen MR) is 109 cm³/mol. The van der Waals surface area contributed by atoms with Gasteiger partial charge in [-0.15, -0.1) is 0 Å². The molecule has 6 heteroatoms. The molecule has 0 radical (unpaired) electrons. The van der Waals surface area contributed by atoms with Crippen molar-refractivity contribution in [3.05, 3.63) is 89.9 Å². The third-order valence-corrected chi connectivity index (χ3v) is 4.51. The molecule has 0 amide bonds. The van der Waals surface area contributed by atoms with Crippen molar-refractivity contribution in [1.82, 2.24) is 19.7 Å². The van der Waals surface area contributed by atoms with Crippen LogP contribution in [0.1, 0.15) is 16.7 Å². The van der Waals surface area contributed by atoms with Crippen LogP contribution in [-0.2, 0) is 13.2 Å². The normalized spacial score (nSPS) is 10.8. The van der Waals surface area contributed by atoms with Gasteiger partial charge >= 0.3 is 0 Å². The first-order chi connectivity index (χ1) is 13.7. The van der Waals surface area contributed by atoms with Gasteiger partial charge in [0.15, 0.2) is 5.82 Å². The van der Waals surface area contributed by atoms with Crippen molar-refractivity contribution in [2.24, 2.45) is 0 Å². The highest BCUT2D eigenvalue weighted by atomic mass is 16.5. The summed E-state index contributed by atoms with van der Waals surface area (Å²) in [5.74, 6) is 1.86. The summed E-state index contributed by atoms with van der Waals surface area (Å²) in [5, 5.41) is 4.53. The largest absolute Gasteiger partial charge is 0.489 e. The highest BCUT2D eigenvalue weighted by molar-refractivity contribution is 5.67. The van der Waals surface area contributed by atoms with Gasteiger partial charge in [0.05, 0.1) is 12.1 Å². The molecule has 2 aromatic heterocycles. The Bertz CT molecular complexity index is 1080. The molecule has 0 unspecified atom stereocenters. The summed E-state index contributed by atoms with van der Waals surface area (Å²) in [6, 6.07) is 19.9. The van der Waals surface area contributed by atoms with Crippen LogP contribution in [0.4, 0.5) is 5.82 Å². The van der Waals surface area contributed by atoms with Gasteiger partial charge in [-0.2, -0.15) is 5.10 Å². The quantitative estimate of drug-likeness (QED) is 0.557. The average molecular weight is 371 g/mol. The van der Waals surface area contributed by atoms with Crippen LogP contribution in [0, 0.1) is 6.92 Å². The molecule has 0 saturated carbocycles. The van der Waals surface area contributed by atoms with Crippen LogP contribution in [0.15, 0.2) is 73.2 Å². The van der Waals surface area contributed by atoms with E-state index in [0.29, 0.717) is 24.8 Å². The molecule has 2 heterocycles. The summed E-state index contributed by atoms with van der Waals surface area (Å²) in [6.07, 6.45) is 3.36. The molecular weight excluding hydrogens is 350 g/mol. The molecule has 0 bridgehead atoms. The molecule has 4 aromatic rings. The number of aryl methyl sites for hydroxylation is 1. The highest BCUT2D eigenvalue weighted by Crippen LogP contribution is 2.21. The van der Waals surface area contributed by atoms with Gasteiger partial charge in [-0.1, -0.05) is 36.4 Å². The Kier molecular flexibility index (Phi) is 5.01. The van der Waals surface area contributed by atoms with Crippen LogP contribution in [0.25, 0.3) is 11.4 Å². The maximum atomic E-state index is 5.91. The van der Waals surface area contributed by atoms with E-state index in [2.05, 4.69) is 46.3 Å². The smallest absolute Gasteiger partial charge is 0.184 e. The number of pyridine rings is 1. The van der Waals surface area contributed by atoms with Gasteiger partial charge in [0.1, 0.15) is 24.5 Å². The van der Waals surface area contributed by atoms with Crippen molar-refractivity contribution in [1.29, 1.82) is 0 Å². The fourth-order valence-electron chi connectivity index (χ4n) is 2.95. The molecule has 28 heavy (non-hydrogen) atoms. The number of rotatable bonds is 6. The van der Waals surface area contributed by atoms with Crippen LogP contribution < -0.4 is 10.5 Å². The molecule has 0 saturated heterocycles. The number of nitrogen functional groups attached to an aromatic ring is 1. The molecule has 0 fully saturated rings. The summed E-state index contributed by atoms with van der Waals surface area (Å²) >= 11 is 0. The molecule has 0 aliphatic carbocycles. The lowest BCUT2D eigenvalue weighted by Crippen LogP contribution is -2.03. The summed E-state index contributed by atoms with van der Waals surface area (Å²) in [5.41, 5.74) is 10.1. The third kappa shape index (κ3) is 4.01. The second-order valence-corrected chi connectivity index (χ2v) is 6.56. The van der Waals surface area contributed by atoms with Crippen molar-refractivity contribution in [2.75, 3.05) is 5.73 Å². The first-order valence-electron chi connectivity index (χ1n) is 9.05. The number of hydrogen-bond acceptors (Lipinski definition) is 5. The third-order valence-electron chi connectivity index (χ3n) is 4.51. The molecule has 6 nitrogen and oxygen atoms in total. The Morgan fingerprint density at radius 1 is 1.00 bits per heavy atom. The van der Waals surface area contributed by atoms with E-state index in [-0.39, 0.29) is 0 Å². The Hall–Kier alpha value is -3.67. The van der Waals surface area contributed by atoms with Gasteiger partial charge in [0, 0.05) is 6.20 Å². The number of nitrogens with two attached hydrogens (primary N) is 1. The van der Waals surface area contributed by atoms with Crippen molar-refractivity contribution in [3.8, 4) is 17.1 Å². The molecule has 2 aromatic carbocycles. The monoisotopic (exact) mass is 371 g/mol. The lowest BCUT2D eigenvalue weighted by atomic mass is 10.1. The first-order valence-corrected chi connectivity index (χ1v) is 9.05. The fourth-order valence-corrected chi connectivity index (χ4v) is 2.95. The number of ether oxygens (including phenoxy) is 1. The fraction of sp³-hybridized carbons (Fsp3) is 0.136. The molecule has 0 spiro atoms. The predicted octanol–water partition coefficient (Wildman–Crippen LogP) is 3.86. The zero-order valence-corrected chi connectivity index (χ0v) is 15.6. The average Bonchev–Trinajstić information content (AvgIpc) is 3.18. The first kappa shape index (κ1) is 17.7. The molecular formula is C22H21N5O. The van der Waals surface area contributed by atoms with Crippen molar-refractivity contribution in [2.45, 2.75) is 20.1 Å². The summed E-state index contributed by atoms with van der Waals surface area (Å²) in [4.78, 5) is 8.45. The Labute approximate surface area is 163 Å². The van der Waals surface area contributed by atoms with Crippen LogP contribution in [0.3, 0.4) is 0 Å². The number of nitrogens with zero attached hydrogens (tertiary/aromatic N) is 4. The SMILES string of the molecule is Cc1cc(OCc2ccccc2)ccc1Cn1cnc(-c2cccnc2N)n1. The Morgan fingerprint density at radius 3 is 2.64 bits per heavy atom. The topological polar surface area (TPSA) is 78.8 Å². The number of benzene rings is 2. The van der Waals surface area contributed by atoms with E-state index in [9.17, 15) is 0 Å². The maximum Gasteiger partial charge on any atom is 0.184 e. The molecule has 0 aliphatic rings. The molecule has 4 rings (SSSR count). The van der Waals surface area contributed by atoms with E-state index in [1.807, 2.05) is 36.4 Å². The van der Waals surface area contributed by atoms with E-state index in [0.717, 1.165) is 28.0 Å². The second kappa shape index (κ2) is 7.92. The standard InChI is InChI=1S/C22H21N5O/c1-16-12-19(28-14-17-6-3-2-4-7-17)10-9-18(16)13-27-15-25-22(26-27)20-8-5-11-24-21(20)23/h2-12,15H,13-14H2,1H3,(H2,23,24). The van der Waals surface area contributed by atoms with E-state index < -0.39 is 0 Å². The van der Waals surface area contributed by atoms with Crippen LogP contribution >= 0.6 is 0 Å². The summed E-state index contributed by atoms with van der Waals surface area (Å²) < 4.78 is 7.70. The highest BCUT2D eigenvalue weighted by Gasteiger charge is 2.09. The summed E-state index contributed by atoms with van der Waals surface area (Å²) in [7, 11) is 0. The number of aromatic nitrogens is 4. The van der Waals surface area contributed by atoms with E-state index in [4.69, 9.17) is 10.5 Å². The van der Waals surface area contributed by atoms with Crippen molar-refractivity contribution in [3.63, 3.8) is 0 Å². The molecule has 0 atom stereocenters. The van der Waals surface area contributed by atoms with Gasteiger partial charge in [-0.05, 0) is 47.9 Å². The zero-order chi connectivity index (χ0) is 19.3. The number of anilines is 1. The Balaban J connectivity index is 1.45. The van der Waals surface area contributed by atoms with Crippen LogP contribution in [-0.4, -0.2) is 19.7 Å². The van der Waals surface area contributed by atoms with Crippen LogP contribution in [0.2, 0.25) is 0 Å². The second-order valence-electron chi connectivity index (χ2n) is 6.56. The number of hydrogen-bond donors (Lipinski definition) is 1. The van der Waals surface area contributed by atoms with Crippen molar-refractivity contribution < 1.29 is 4.74 Å². The maximum absolute atomic E-state index is 5.91. The van der Waals surface area contributed by atoms with Gasteiger partial charge in [0.2, 0.25) is 0 Å². The minimum Gasteiger partial charge on any atom is -0.489 e. The minimum atomic E-state index is 0.427. The minimum absolute atomic E-state index is 0.427. The zero-order valence-electron chi connectivity index (χ0n) is 15.6. The molecule has 2 N–H and O–H groups in total. The molecule has 140 valence electrons. The lowest BCUT2D eigenvalue weighted by Gasteiger charge is -2.10. The van der Waals surface area contributed by atoms with E-state index in [1.165, 1.54) is 0 Å². The Morgan fingerprint density at radius 2 is 1.86 bits per heavy atom.